The Morgan fingerprint density at radius 3 is 1.50 bits per heavy atom. The molecule has 2 N–H and O–H groups in total. The van der Waals surface area contributed by atoms with Crippen molar-refractivity contribution >= 4 is 0 Å². The van der Waals surface area contributed by atoms with Gasteiger partial charge in [-0.15, -0.1) is 0 Å². The van der Waals surface area contributed by atoms with E-state index in [4.69, 9.17) is 0 Å². The van der Waals surface area contributed by atoms with Crippen molar-refractivity contribution in [3.05, 3.63) is 0 Å². The number of halogens is 4. The molecule has 1 nitrogen and oxygen atoms in total. The van der Waals surface area contributed by atoms with E-state index in [2.05, 4.69) is 5.73 Å². The van der Waals surface area contributed by atoms with Crippen molar-refractivity contribution in [2.75, 3.05) is 0 Å². The lowest BCUT2D eigenvalue weighted by Crippen LogP contribution is -2.57. The normalized spacial score (nSPS) is 19.2. The van der Waals surface area contributed by atoms with Gasteiger partial charge in [-0.3, -0.25) is 0 Å². The van der Waals surface area contributed by atoms with Crippen LogP contribution in [0.3, 0.4) is 0 Å². The molecule has 0 aliphatic heterocycles. The summed E-state index contributed by atoms with van der Waals surface area (Å²) in [4.78, 5) is 0. The number of nitrogens with two attached hydrogens (primary N) is 1. The summed E-state index contributed by atoms with van der Waals surface area (Å²) in [7, 11) is 0. The molecule has 10 heavy (non-hydrogen) atoms. The standard InChI is InChI=1S/C5H9F4N/c1-4(10,3(6)7)5(2,8)9/h3H,10H2,1-2H3. The highest BCUT2D eigenvalue weighted by Gasteiger charge is 2.49. The van der Waals surface area contributed by atoms with Gasteiger partial charge in [0.05, 0.1) is 0 Å². The van der Waals surface area contributed by atoms with E-state index in [1.807, 2.05) is 0 Å². The Morgan fingerprint density at radius 1 is 1.20 bits per heavy atom. The summed E-state index contributed by atoms with van der Waals surface area (Å²) in [5.41, 5.74) is 1.91. The molecule has 0 aromatic heterocycles. The molecular weight excluding hydrogens is 150 g/mol. The molecule has 1 atom stereocenters. The average molecular weight is 159 g/mol. The molecule has 0 saturated heterocycles. The lowest BCUT2D eigenvalue weighted by molar-refractivity contribution is -0.112. The van der Waals surface area contributed by atoms with Crippen molar-refractivity contribution in [1.29, 1.82) is 0 Å². The fourth-order valence-electron chi connectivity index (χ4n) is 0.192. The molecule has 1 unspecified atom stereocenters. The zero-order valence-electron chi connectivity index (χ0n) is 5.67. The van der Waals surface area contributed by atoms with Gasteiger partial charge in [-0.25, -0.2) is 17.6 Å². The lowest BCUT2D eigenvalue weighted by Gasteiger charge is -2.29. The topological polar surface area (TPSA) is 26.0 Å². The maximum Gasteiger partial charge on any atom is 0.268 e. The predicted octanol–water partition coefficient (Wildman–Crippen LogP) is 1.62. The van der Waals surface area contributed by atoms with Gasteiger partial charge in [-0.2, -0.15) is 0 Å². The Labute approximate surface area is 56.2 Å². The summed E-state index contributed by atoms with van der Waals surface area (Å²) in [6.07, 6.45) is -3.22. The third kappa shape index (κ3) is 1.59. The highest BCUT2D eigenvalue weighted by atomic mass is 19.3. The zero-order valence-corrected chi connectivity index (χ0v) is 5.67. The highest BCUT2D eigenvalue weighted by Crippen LogP contribution is 2.30. The second kappa shape index (κ2) is 2.38. The van der Waals surface area contributed by atoms with Crippen LogP contribution >= 0.6 is 0 Å². The molecule has 62 valence electrons. The Kier molecular flexibility index (Phi) is 2.30. The minimum atomic E-state index is -3.55. The molecule has 0 amide bonds. The van der Waals surface area contributed by atoms with Crippen LogP contribution in [-0.4, -0.2) is 17.9 Å². The van der Waals surface area contributed by atoms with Gasteiger partial charge in [0.1, 0.15) is 5.54 Å². The summed E-state index contributed by atoms with van der Waals surface area (Å²) in [6.45, 7) is 0.997. The van der Waals surface area contributed by atoms with E-state index in [1.54, 1.807) is 0 Å². The molecular formula is C5H9F4N. The van der Waals surface area contributed by atoms with Crippen LogP contribution in [0.1, 0.15) is 13.8 Å². The molecule has 0 aromatic carbocycles. The first-order valence-corrected chi connectivity index (χ1v) is 2.64. The molecule has 0 spiro atoms. The van der Waals surface area contributed by atoms with E-state index in [1.165, 1.54) is 0 Å². The number of alkyl halides is 4. The number of rotatable bonds is 2. The van der Waals surface area contributed by atoms with Gasteiger partial charge in [-0.05, 0) is 6.92 Å². The summed E-state index contributed by atoms with van der Waals surface area (Å²) < 4.78 is 47.7. The van der Waals surface area contributed by atoms with E-state index in [9.17, 15) is 17.6 Å². The van der Waals surface area contributed by atoms with Crippen LogP contribution in [0.15, 0.2) is 0 Å². The lowest BCUT2D eigenvalue weighted by atomic mass is 9.97. The maximum absolute atomic E-state index is 12.1. The van der Waals surface area contributed by atoms with Gasteiger partial charge in [0, 0.05) is 6.92 Å². The van der Waals surface area contributed by atoms with Crippen molar-refractivity contribution in [2.45, 2.75) is 31.7 Å². The number of hydrogen-bond donors (Lipinski definition) is 1. The van der Waals surface area contributed by atoms with Crippen molar-refractivity contribution in [3.63, 3.8) is 0 Å². The predicted molar refractivity (Wildman–Crippen MR) is 29.2 cm³/mol. The van der Waals surface area contributed by atoms with E-state index < -0.39 is 17.9 Å². The fraction of sp³-hybridized carbons (Fsp3) is 1.00. The first kappa shape index (κ1) is 9.68. The van der Waals surface area contributed by atoms with Crippen LogP contribution in [0.2, 0.25) is 0 Å². The first-order chi connectivity index (χ1) is 4.19. The molecule has 0 heterocycles. The summed E-state index contributed by atoms with van der Waals surface area (Å²) in [6, 6.07) is 0. The molecule has 0 aromatic rings. The molecule has 0 fully saturated rings. The fourth-order valence-corrected chi connectivity index (χ4v) is 0.192. The Bertz CT molecular complexity index is 115. The van der Waals surface area contributed by atoms with Crippen LogP contribution in [0.25, 0.3) is 0 Å². The minimum Gasteiger partial charge on any atom is -0.316 e. The summed E-state index contributed by atoms with van der Waals surface area (Å²) in [5, 5.41) is 0. The molecule has 0 aliphatic rings. The third-order valence-electron chi connectivity index (χ3n) is 1.40. The molecule has 0 aliphatic carbocycles. The maximum atomic E-state index is 12.1. The summed E-state index contributed by atoms with van der Waals surface area (Å²) >= 11 is 0. The Balaban J connectivity index is 4.40. The zero-order chi connectivity index (χ0) is 8.58. The van der Waals surface area contributed by atoms with Crippen LogP contribution < -0.4 is 5.73 Å². The summed E-state index contributed by atoms with van der Waals surface area (Å²) in [5.74, 6) is -3.55. The molecule has 0 bridgehead atoms. The first-order valence-electron chi connectivity index (χ1n) is 2.64. The third-order valence-corrected chi connectivity index (χ3v) is 1.40. The van der Waals surface area contributed by atoms with Gasteiger partial charge < -0.3 is 5.73 Å². The second-order valence-electron chi connectivity index (χ2n) is 2.47. The van der Waals surface area contributed by atoms with Crippen molar-refractivity contribution < 1.29 is 17.6 Å². The van der Waals surface area contributed by atoms with Crippen LogP contribution in [0, 0.1) is 0 Å². The van der Waals surface area contributed by atoms with E-state index in [-0.39, 0.29) is 0 Å². The highest BCUT2D eigenvalue weighted by molar-refractivity contribution is 4.92. The molecule has 0 saturated carbocycles. The van der Waals surface area contributed by atoms with Crippen LogP contribution in [-0.2, 0) is 0 Å². The number of hydrogen-bond acceptors (Lipinski definition) is 1. The van der Waals surface area contributed by atoms with Gasteiger partial charge in [0.15, 0.2) is 0 Å². The average Bonchev–Trinajstić information content (AvgIpc) is 1.62. The van der Waals surface area contributed by atoms with Gasteiger partial charge in [0.25, 0.3) is 12.3 Å². The van der Waals surface area contributed by atoms with Crippen LogP contribution in [0.4, 0.5) is 17.6 Å². The van der Waals surface area contributed by atoms with E-state index in [0.29, 0.717) is 13.8 Å². The largest absolute Gasteiger partial charge is 0.316 e. The molecule has 0 rings (SSSR count). The monoisotopic (exact) mass is 159 g/mol. The van der Waals surface area contributed by atoms with Crippen molar-refractivity contribution in [2.24, 2.45) is 5.73 Å². The van der Waals surface area contributed by atoms with E-state index in [0.717, 1.165) is 0 Å². The van der Waals surface area contributed by atoms with Crippen molar-refractivity contribution in [3.8, 4) is 0 Å². The quantitative estimate of drug-likeness (QED) is 0.609. The molecule has 0 radical (unpaired) electrons. The van der Waals surface area contributed by atoms with Gasteiger partial charge >= 0.3 is 0 Å². The smallest absolute Gasteiger partial charge is 0.268 e. The van der Waals surface area contributed by atoms with Gasteiger partial charge in [0.2, 0.25) is 0 Å². The second-order valence-corrected chi connectivity index (χ2v) is 2.47. The van der Waals surface area contributed by atoms with Crippen molar-refractivity contribution in [1.82, 2.24) is 0 Å². The Hall–Kier alpha value is -0.320. The van der Waals surface area contributed by atoms with E-state index >= 15 is 0 Å². The van der Waals surface area contributed by atoms with Crippen LogP contribution in [0.5, 0.6) is 0 Å². The molecule has 5 heteroatoms. The SMILES string of the molecule is CC(F)(F)C(C)(N)C(F)F. The minimum absolute atomic E-state index is 0.374. The van der Waals surface area contributed by atoms with Gasteiger partial charge in [-0.1, -0.05) is 0 Å². The Morgan fingerprint density at radius 2 is 1.50 bits per heavy atom.